The van der Waals surface area contributed by atoms with E-state index in [9.17, 15) is 20.0 Å². The van der Waals surface area contributed by atoms with Crippen molar-refractivity contribution in [3.05, 3.63) is 122 Å². The largest absolute Gasteiger partial charge is 0.494 e. The summed E-state index contributed by atoms with van der Waals surface area (Å²) in [5.74, 6) is -0.124. The van der Waals surface area contributed by atoms with Crippen LogP contribution in [0.3, 0.4) is 0 Å². The third-order valence-electron chi connectivity index (χ3n) is 5.51. The van der Waals surface area contributed by atoms with E-state index in [0.717, 1.165) is 11.1 Å². The molecule has 0 saturated carbocycles. The zero-order valence-electron chi connectivity index (χ0n) is 17.8. The minimum atomic E-state index is -0.471. The van der Waals surface area contributed by atoms with Gasteiger partial charge in [-0.3, -0.25) is 14.7 Å². The predicted molar refractivity (Wildman–Crippen MR) is 129 cm³/mol. The number of fused-ring (bicyclic) bond motifs is 1. The highest BCUT2D eigenvalue weighted by Crippen LogP contribution is 2.33. The maximum atomic E-state index is 11.7. The summed E-state index contributed by atoms with van der Waals surface area (Å²) < 4.78 is 1.56. The summed E-state index contributed by atoms with van der Waals surface area (Å²) in [5.41, 5.74) is 3.45. The summed E-state index contributed by atoms with van der Waals surface area (Å²) in [6, 6.07) is 21.1. The number of benzene rings is 3. The molecule has 0 aliphatic carbocycles. The topological polar surface area (TPSA) is 129 Å². The lowest BCUT2D eigenvalue weighted by atomic mass is 10.0. The monoisotopic (exact) mass is 453 g/mol. The van der Waals surface area contributed by atoms with Gasteiger partial charge in [0.25, 0.3) is 5.69 Å². The van der Waals surface area contributed by atoms with Gasteiger partial charge in [0.05, 0.1) is 28.4 Å². The number of hydrogen-bond donors (Lipinski definition) is 3. The fourth-order valence-electron chi connectivity index (χ4n) is 3.86. The number of nitrogens with one attached hydrogen (secondary N) is 2. The van der Waals surface area contributed by atoms with E-state index in [4.69, 9.17) is 4.99 Å². The Kier molecular flexibility index (Phi) is 5.27. The number of non-ortho nitro benzene ring substituents is 1. The van der Waals surface area contributed by atoms with Gasteiger partial charge in [-0.1, -0.05) is 42.5 Å². The number of aromatic nitrogens is 3. The summed E-state index contributed by atoms with van der Waals surface area (Å²) in [6.45, 7) is 0.421. The normalized spacial score (nSPS) is 11.7. The van der Waals surface area contributed by atoms with Crippen LogP contribution in [-0.2, 0) is 6.54 Å². The summed E-state index contributed by atoms with van der Waals surface area (Å²) in [5, 5.41) is 22.6. The number of hydrogen-bond acceptors (Lipinski definition) is 5. The van der Waals surface area contributed by atoms with E-state index in [1.54, 1.807) is 23.0 Å². The smallest absolute Gasteiger partial charge is 0.325 e. The highest BCUT2D eigenvalue weighted by molar-refractivity contribution is 6.22. The molecule has 34 heavy (non-hydrogen) atoms. The molecule has 0 atom stereocenters. The fraction of sp³-hybridized carbons (Fsp3) is 0.0400. The van der Waals surface area contributed by atoms with Crippen LogP contribution in [0.2, 0.25) is 0 Å². The van der Waals surface area contributed by atoms with Crippen LogP contribution in [0.4, 0.5) is 11.4 Å². The van der Waals surface area contributed by atoms with E-state index in [1.165, 1.54) is 12.1 Å². The molecule has 0 aliphatic rings. The van der Waals surface area contributed by atoms with Crippen LogP contribution in [0.5, 0.6) is 5.88 Å². The van der Waals surface area contributed by atoms with Gasteiger partial charge in [0, 0.05) is 41.0 Å². The number of nitro benzene ring substituents is 1. The number of aliphatic imine (C=N–C) groups is 1. The lowest BCUT2D eigenvalue weighted by Gasteiger charge is -2.08. The van der Waals surface area contributed by atoms with E-state index in [-0.39, 0.29) is 17.3 Å². The summed E-state index contributed by atoms with van der Waals surface area (Å²) in [4.78, 5) is 32.9. The molecular weight excluding hydrogens is 434 g/mol. The molecule has 3 N–H and O–H groups in total. The molecule has 0 fully saturated rings. The summed E-state index contributed by atoms with van der Waals surface area (Å²) in [7, 11) is 0. The molecule has 3 aromatic carbocycles. The number of nitro groups is 1. The highest BCUT2D eigenvalue weighted by atomic mass is 16.6. The van der Waals surface area contributed by atoms with Gasteiger partial charge in [-0.15, -0.1) is 0 Å². The molecule has 0 unspecified atom stereocenters. The number of aromatic amines is 2. The maximum Gasteiger partial charge on any atom is 0.325 e. The van der Waals surface area contributed by atoms with Crippen LogP contribution in [0.25, 0.3) is 10.9 Å². The summed E-state index contributed by atoms with van der Waals surface area (Å²) in [6.07, 6.45) is 3.27. The third-order valence-corrected chi connectivity index (χ3v) is 5.51. The number of imidazole rings is 1. The molecule has 5 rings (SSSR count). The highest BCUT2D eigenvalue weighted by Gasteiger charge is 2.20. The second-order valence-electron chi connectivity index (χ2n) is 7.72. The van der Waals surface area contributed by atoms with E-state index >= 15 is 0 Å². The Bertz CT molecular complexity index is 1580. The number of H-pyrrole nitrogens is 2. The Balaban J connectivity index is 1.61. The second kappa shape index (κ2) is 8.55. The fourth-order valence-corrected chi connectivity index (χ4v) is 3.86. The molecule has 0 spiro atoms. The van der Waals surface area contributed by atoms with Crippen LogP contribution in [0, 0.1) is 10.1 Å². The Morgan fingerprint density at radius 3 is 2.50 bits per heavy atom. The first kappa shape index (κ1) is 21.0. The van der Waals surface area contributed by atoms with Crippen molar-refractivity contribution in [1.29, 1.82) is 0 Å². The molecule has 9 heteroatoms. The number of nitrogens with zero attached hydrogens (tertiary/aromatic N) is 3. The molecule has 5 aromatic rings. The lowest BCUT2D eigenvalue weighted by Crippen LogP contribution is -2.16. The molecule has 0 amide bonds. The van der Waals surface area contributed by atoms with Gasteiger partial charge < -0.3 is 15.1 Å². The first-order chi connectivity index (χ1) is 16.5. The van der Waals surface area contributed by atoms with Crippen LogP contribution in [0.1, 0.15) is 16.7 Å². The van der Waals surface area contributed by atoms with Gasteiger partial charge in [0.1, 0.15) is 0 Å². The van der Waals surface area contributed by atoms with Crippen molar-refractivity contribution in [3.8, 4) is 5.88 Å². The van der Waals surface area contributed by atoms with Crippen molar-refractivity contribution in [2.75, 3.05) is 0 Å². The maximum absolute atomic E-state index is 11.7. The molecule has 0 saturated heterocycles. The number of rotatable bonds is 6. The summed E-state index contributed by atoms with van der Waals surface area (Å²) >= 11 is 0. The molecule has 0 radical (unpaired) electrons. The Hall–Kier alpha value is -4.92. The van der Waals surface area contributed by atoms with Crippen LogP contribution < -0.4 is 5.69 Å². The molecule has 168 valence electrons. The standard InChI is InChI=1S/C25H19N5O4/c31-24-22(20-14-19(30(33)34)10-11-21(20)28-24)23(17-4-2-1-3-5-17)27-18-8-6-16(7-9-18)15-29-13-12-26-25(29)32/h1-14,28,31H,15H2,(H,26,32). The molecule has 0 aliphatic heterocycles. The average Bonchev–Trinajstić information content (AvgIpc) is 3.40. The number of aromatic hydroxyl groups is 1. The van der Waals surface area contributed by atoms with Crippen molar-refractivity contribution >= 4 is 28.0 Å². The quantitative estimate of drug-likeness (QED) is 0.199. The van der Waals surface area contributed by atoms with Crippen LogP contribution >= 0.6 is 0 Å². The minimum absolute atomic E-state index is 0.0792. The molecule has 0 bridgehead atoms. The third kappa shape index (κ3) is 3.97. The predicted octanol–water partition coefficient (Wildman–Crippen LogP) is 4.49. The van der Waals surface area contributed by atoms with Gasteiger partial charge in [0.2, 0.25) is 0 Å². The van der Waals surface area contributed by atoms with E-state index in [0.29, 0.717) is 34.4 Å². The van der Waals surface area contributed by atoms with Crippen LogP contribution in [-0.4, -0.2) is 30.3 Å². The Morgan fingerprint density at radius 2 is 1.82 bits per heavy atom. The zero-order chi connectivity index (χ0) is 23.7. The first-order valence-corrected chi connectivity index (χ1v) is 10.5. The second-order valence-corrected chi connectivity index (χ2v) is 7.72. The molecule has 2 aromatic heterocycles. The molecule has 2 heterocycles. The van der Waals surface area contributed by atoms with Gasteiger partial charge >= 0.3 is 5.69 Å². The van der Waals surface area contributed by atoms with Gasteiger partial charge in [-0.05, 0) is 23.8 Å². The van der Waals surface area contributed by atoms with E-state index in [2.05, 4.69) is 9.97 Å². The molecule has 9 nitrogen and oxygen atoms in total. The van der Waals surface area contributed by atoms with Gasteiger partial charge in [-0.25, -0.2) is 9.79 Å². The van der Waals surface area contributed by atoms with Crippen molar-refractivity contribution in [2.24, 2.45) is 4.99 Å². The minimum Gasteiger partial charge on any atom is -0.494 e. The SMILES string of the molecule is O=c1[nH]ccn1Cc1ccc(N=C(c2ccccc2)c2c(O)[nH]c3ccc([N+](=O)[O-])cc23)cc1. The Morgan fingerprint density at radius 1 is 1.06 bits per heavy atom. The van der Waals surface area contributed by atoms with Crippen molar-refractivity contribution in [3.63, 3.8) is 0 Å². The Labute approximate surface area is 192 Å². The first-order valence-electron chi connectivity index (χ1n) is 10.5. The molecular formula is C25H19N5O4. The van der Waals surface area contributed by atoms with Crippen molar-refractivity contribution < 1.29 is 10.0 Å². The van der Waals surface area contributed by atoms with Gasteiger partial charge in [-0.2, -0.15) is 0 Å². The average molecular weight is 453 g/mol. The van der Waals surface area contributed by atoms with E-state index < -0.39 is 4.92 Å². The van der Waals surface area contributed by atoms with Gasteiger partial charge in [0.15, 0.2) is 5.88 Å². The van der Waals surface area contributed by atoms with Crippen molar-refractivity contribution in [1.82, 2.24) is 14.5 Å². The zero-order valence-corrected chi connectivity index (χ0v) is 17.8. The van der Waals surface area contributed by atoms with Crippen LogP contribution in [0.15, 0.2) is 95.0 Å². The van der Waals surface area contributed by atoms with E-state index in [1.807, 2.05) is 54.6 Å². The lowest BCUT2D eigenvalue weighted by molar-refractivity contribution is -0.384. The van der Waals surface area contributed by atoms with Crippen molar-refractivity contribution in [2.45, 2.75) is 6.54 Å².